The van der Waals surface area contributed by atoms with E-state index in [1.54, 1.807) is 0 Å². The Morgan fingerprint density at radius 3 is 2.19 bits per heavy atom. The molecular formula is C14H6ClF5N6. The Balaban J connectivity index is 2.08. The van der Waals surface area contributed by atoms with Gasteiger partial charge in [0.05, 0.1) is 5.56 Å². The van der Waals surface area contributed by atoms with Crippen molar-refractivity contribution in [3.63, 3.8) is 0 Å². The summed E-state index contributed by atoms with van der Waals surface area (Å²) in [7, 11) is 0. The number of nitrogens with two attached hydrogens (primary N) is 1. The Labute approximate surface area is 146 Å². The van der Waals surface area contributed by atoms with E-state index in [4.69, 9.17) is 17.3 Å². The van der Waals surface area contributed by atoms with E-state index in [-0.39, 0.29) is 0 Å². The zero-order valence-corrected chi connectivity index (χ0v) is 13.1. The van der Waals surface area contributed by atoms with Gasteiger partial charge in [0.2, 0.25) is 11.9 Å². The summed E-state index contributed by atoms with van der Waals surface area (Å²) in [5.41, 5.74) is 4.84. The monoisotopic (exact) mass is 388 g/mol. The molecule has 134 valence electrons. The Kier molecular flexibility index (Phi) is 4.55. The van der Waals surface area contributed by atoms with Crippen molar-refractivity contribution in [2.75, 3.05) is 11.1 Å². The molecule has 0 spiro atoms. The van der Waals surface area contributed by atoms with Gasteiger partial charge in [-0.3, -0.25) is 0 Å². The molecule has 0 saturated heterocycles. The predicted octanol–water partition coefficient (Wildman–Crippen LogP) is 3.61. The van der Waals surface area contributed by atoms with Crippen LogP contribution in [0.2, 0.25) is 5.02 Å². The normalized spacial score (nSPS) is 10.8. The summed E-state index contributed by atoms with van der Waals surface area (Å²) in [6, 6.07) is 3.05. The number of anilines is 3. The van der Waals surface area contributed by atoms with Crippen LogP contribution in [0.25, 0.3) is 11.4 Å². The van der Waals surface area contributed by atoms with Gasteiger partial charge in [0.25, 0.3) is 5.95 Å². The Hall–Kier alpha value is -3.08. The second-order valence-electron chi connectivity index (χ2n) is 4.76. The molecule has 2 heterocycles. The second-order valence-corrected chi connectivity index (χ2v) is 5.13. The van der Waals surface area contributed by atoms with Gasteiger partial charge in [-0.2, -0.15) is 24.3 Å². The number of nitrogen functional groups attached to an aromatic ring is 1. The maximum atomic E-state index is 13.9. The second kappa shape index (κ2) is 6.67. The van der Waals surface area contributed by atoms with E-state index in [0.717, 1.165) is 18.2 Å². The maximum absolute atomic E-state index is 13.9. The fourth-order valence-electron chi connectivity index (χ4n) is 1.95. The van der Waals surface area contributed by atoms with E-state index in [1.807, 2.05) is 0 Å². The van der Waals surface area contributed by atoms with Gasteiger partial charge >= 0.3 is 0 Å². The average Bonchev–Trinajstić information content (AvgIpc) is 2.57. The van der Waals surface area contributed by atoms with Crippen LogP contribution in [0.1, 0.15) is 0 Å². The minimum absolute atomic E-state index is 0.478. The third kappa shape index (κ3) is 3.20. The van der Waals surface area contributed by atoms with Crippen LogP contribution in [0.15, 0.2) is 18.2 Å². The van der Waals surface area contributed by atoms with E-state index < -0.39 is 63.3 Å². The molecule has 0 fully saturated rings. The lowest BCUT2D eigenvalue weighted by Gasteiger charge is -2.09. The van der Waals surface area contributed by atoms with Crippen molar-refractivity contribution < 1.29 is 22.0 Å². The summed E-state index contributed by atoms with van der Waals surface area (Å²) in [4.78, 5) is 13.8. The first kappa shape index (κ1) is 17.7. The van der Waals surface area contributed by atoms with Gasteiger partial charge in [0, 0.05) is 0 Å². The van der Waals surface area contributed by atoms with Crippen molar-refractivity contribution >= 4 is 29.3 Å². The maximum Gasteiger partial charge on any atom is 0.252 e. The Morgan fingerprint density at radius 2 is 1.54 bits per heavy atom. The number of nitrogens with zero attached hydrogens (tertiary/aromatic N) is 4. The molecule has 2 aromatic heterocycles. The van der Waals surface area contributed by atoms with Crippen LogP contribution in [0.5, 0.6) is 0 Å². The van der Waals surface area contributed by atoms with E-state index in [0.29, 0.717) is 0 Å². The number of aromatic nitrogens is 4. The SMILES string of the molecule is Nc1nc(Nc2nc(F)c(F)c(Cl)c2F)nc(-c2c(F)cccc2F)n1. The molecule has 0 amide bonds. The van der Waals surface area contributed by atoms with Crippen molar-refractivity contribution in [2.24, 2.45) is 0 Å². The molecule has 0 atom stereocenters. The molecule has 0 bridgehead atoms. The third-order valence-corrected chi connectivity index (χ3v) is 3.39. The molecule has 12 heteroatoms. The molecule has 1 aromatic carbocycles. The smallest absolute Gasteiger partial charge is 0.252 e. The van der Waals surface area contributed by atoms with Crippen LogP contribution in [0.3, 0.4) is 0 Å². The van der Waals surface area contributed by atoms with Crippen LogP contribution in [-0.4, -0.2) is 19.9 Å². The van der Waals surface area contributed by atoms with E-state index in [9.17, 15) is 22.0 Å². The molecule has 0 aliphatic rings. The van der Waals surface area contributed by atoms with Gasteiger partial charge in [-0.1, -0.05) is 17.7 Å². The highest BCUT2D eigenvalue weighted by atomic mass is 35.5. The van der Waals surface area contributed by atoms with Crippen LogP contribution >= 0.6 is 11.6 Å². The largest absolute Gasteiger partial charge is 0.368 e. The summed E-state index contributed by atoms with van der Waals surface area (Å²) in [5, 5.41) is 0.956. The molecule has 0 unspecified atom stereocenters. The lowest BCUT2D eigenvalue weighted by molar-refractivity contribution is 0.467. The van der Waals surface area contributed by atoms with Crippen molar-refractivity contribution in [1.82, 2.24) is 19.9 Å². The lowest BCUT2D eigenvalue weighted by Crippen LogP contribution is -2.09. The highest BCUT2D eigenvalue weighted by molar-refractivity contribution is 6.31. The topological polar surface area (TPSA) is 89.6 Å². The van der Waals surface area contributed by atoms with Gasteiger partial charge in [-0.05, 0) is 12.1 Å². The predicted molar refractivity (Wildman–Crippen MR) is 82.0 cm³/mol. The number of benzene rings is 1. The van der Waals surface area contributed by atoms with Crippen LogP contribution in [-0.2, 0) is 0 Å². The molecule has 6 nitrogen and oxygen atoms in total. The molecular weight excluding hydrogens is 383 g/mol. The molecule has 3 aromatic rings. The Morgan fingerprint density at radius 1 is 0.885 bits per heavy atom. The van der Waals surface area contributed by atoms with Crippen molar-refractivity contribution in [1.29, 1.82) is 0 Å². The van der Waals surface area contributed by atoms with Crippen LogP contribution in [0, 0.1) is 29.2 Å². The first-order valence-corrected chi connectivity index (χ1v) is 7.08. The fraction of sp³-hybridized carbons (Fsp3) is 0. The highest BCUT2D eigenvalue weighted by Crippen LogP contribution is 2.28. The van der Waals surface area contributed by atoms with Crippen molar-refractivity contribution in [2.45, 2.75) is 0 Å². The first-order chi connectivity index (χ1) is 12.3. The molecule has 26 heavy (non-hydrogen) atoms. The molecule has 3 N–H and O–H groups in total. The standard InChI is InChI=1S/C14H6ClF5N6/c15-7-8(18)10(20)22-12(9(7)19)25-14-24-11(23-13(21)26-14)6-4(16)2-1-3-5(6)17/h1-3H,(H3,21,22,23,24,25,26). The minimum Gasteiger partial charge on any atom is -0.368 e. The minimum atomic E-state index is -1.68. The van der Waals surface area contributed by atoms with Crippen molar-refractivity contribution in [3.05, 3.63) is 52.4 Å². The summed E-state index contributed by atoms with van der Waals surface area (Å²) in [6.07, 6.45) is 0. The zero-order valence-electron chi connectivity index (χ0n) is 12.4. The van der Waals surface area contributed by atoms with E-state index >= 15 is 0 Å². The number of rotatable bonds is 3. The van der Waals surface area contributed by atoms with Crippen LogP contribution < -0.4 is 11.1 Å². The highest BCUT2D eigenvalue weighted by Gasteiger charge is 2.21. The zero-order chi connectivity index (χ0) is 19.0. The van der Waals surface area contributed by atoms with Crippen molar-refractivity contribution in [3.8, 4) is 11.4 Å². The third-order valence-electron chi connectivity index (χ3n) is 3.05. The van der Waals surface area contributed by atoms with Gasteiger partial charge in [0.1, 0.15) is 16.7 Å². The summed E-state index contributed by atoms with van der Waals surface area (Å²) >= 11 is 5.31. The fourth-order valence-corrected chi connectivity index (χ4v) is 2.11. The molecule has 0 aliphatic heterocycles. The number of halogens is 6. The number of hydrogen-bond acceptors (Lipinski definition) is 6. The first-order valence-electron chi connectivity index (χ1n) is 6.71. The van der Waals surface area contributed by atoms with Gasteiger partial charge in [-0.25, -0.2) is 17.6 Å². The van der Waals surface area contributed by atoms with E-state index in [2.05, 4.69) is 25.3 Å². The Bertz CT molecular complexity index is 995. The van der Waals surface area contributed by atoms with Crippen LogP contribution in [0.4, 0.5) is 39.7 Å². The summed E-state index contributed by atoms with van der Waals surface area (Å²) in [5.74, 6) is -9.13. The molecule has 0 saturated carbocycles. The van der Waals surface area contributed by atoms with Gasteiger partial charge in [0.15, 0.2) is 23.3 Å². The quantitative estimate of drug-likeness (QED) is 0.526. The summed E-state index contributed by atoms with van der Waals surface area (Å²) in [6.45, 7) is 0. The lowest BCUT2D eigenvalue weighted by atomic mass is 10.2. The van der Waals surface area contributed by atoms with Gasteiger partial charge < -0.3 is 11.1 Å². The number of nitrogens with one attached hydrogen (secondary N) is 1. The summed E-state index contributed by atoms with van der Waals surface area (Å²) < 4.78 is 68.1. The number of hydrogen-bond donors (Lipinski definition) is 2. The molecule has 0 aliphatic carbocycles. The van der Waals surface area contributed by atoms with Gasteiger partial charge in [-0.15, -0.1) is 0 Å². The molecule has 0 radical (unpaired) electrons. The van der Waals surface area contributed by atoms with E-state index in [1.165, 1.54) is 0 Å². The number of pyridine rings is 1. The average molecular weight is 389 g/mol. The molecule has 3 rings (SSSR count).